The van der Waals surface area contributed by atoms with Crippen LogP contribution in [0.4, 0.5) is 0 Å². The molecule has 3 atom stereocenters. The number of esters is 1. The quantitative estimate of drug-likeness (QED) is 0.759. The number of nitrogens with zero attached hydrogens (tertiary/aromatic N) is 1. The van der Waals surface area contributed by atoms with Crippen molar-refractivity contribution >= 4 is 11.9 Å². The predicted octanol–water partition coefficient (Wildman–Crippen LogP) is 2.76. The second-order valence-electron chi connectivity index (χ2n) is 8.01. The highest BCUT2D eigenvalue weighted by Gasteiger charge is 2.26. The summed E-state index contributed by atoms with van der Waals surface area (Å²) < 4.78 is 10.7. The van der Waals surface area contributed by atoms with Crippen LogP contribution in [-0.2, 0) is 20.8 Å². The van der Waals surface area contributed by atoms with E-state index in [1.807, 2.05) is 12.1 Å². The number of carbonyl (C=O) groups excluding carboxylic acids is 2. The van der Waals surface area contributed by atoms with Crippen molar-refractivity contribution in [2.24, 2.45) is 5.92 Å². The molecule has 6 nitrogen and oxygen atoms in total. The molecule has 1 saturated carbocycles. The number of benzene rings is 1. The summed E-state index contributed by atoms with van der Waals surface area (Å²) in [7, 11) is 0. The van der Waals surface area contributed by atoms with Gasteiger partial charge in [-0.1, -0.05) is 31.9 Å². The second-order valence-corrected chi connectivity index (χ2v) is 8.01. The summed E-state index contributed by atoms with van der Waals surface area (Å²) in [6.45, 7) is 8.03. The van der Waals surface area contributed by atoms with E-state index >= 15 is 0 Å². The van der Waals surface area contributed by atoms with Gasteiger partial charge in [-0.25, -0.2) is 4.79 Å². The average Bonchev–Trinajstić information content (AvgIpc) is 2.71. The van der Waals surface area contributed by atoms with E-state index in [4.69, 9.17) is 9.47 Å². The molecule has 2 fully saturated rings. The van der Waals surface area contributed by atoms with Crippen LogP contribution >= 0.6 is 0 Å². The molecule has 1 amide bonds. The summed E-state index contributed by atoms with van der Waals surface area (Å²) in [6, 6.07) is 7.61. The largest absolute Gasteiger partial charge is 0.449 e. The zero-order chi connectivity index (χ0) is 19.9. The van der Waals surface area contributed by atoms with Crippen LogP contribution in [0, 0.1) is 5.92 Å². The number of carbonyl (C=O) groups is 2. The van der Waals surface area contributed by atoms with Crippen molar-refractivity contribution in [1.29, 1.82) is 0 Å². The molecule has 0 aromatic heterocycles. The van der Waals surface area contributed by atoms with Crippen LogP contribution in [0.1, 0.15) is 55.5 Å². The van der Waals surface area contributed by atoms with Gasteiger partial charge in [-0.3, -0.25) is 9.69 Å². The summed E-state index contributed by atoms with van der Waals surface area (Å²) in [4.78, 5) is 27.1. The molecule has 1 aliphatic carbocycles. The Bertz CT molecular complexity index is 655. The predicted molar refractivity (Wildman–Crippen MR) is 107 cm³/mol. The lowest BCUT2D eigenvalue weighted by Gasteiger charge is -2.30. The molecule has 154 valence electrons. The fourth-order valence-corrected chi connectivity index (χ4v) is 3.88. The van der Waals surface area contributed by atoms with Crippen LogP contribution in [-0.4, -0.2) is 55.2 Å². The van der Waals surface area contributed by atoms with E-state index in [1.165, 1.54) is 6.42 Å². The van der Waals surface area contributed by atoms with E-state index in [9.17, 15) is 9.59 Å². The zero-order valence-electron chi connectivity index (χ0n) is 17.0. The maximum Gasteiger partial charge on any atom is 0.338 e. The highest BCUT2D eigenvalue weighted by molar-refractivity contribution is 5.92. The molecule has 1 aromatic carbocycles. The topological polar surface area (TPSA) is 67.9 Å². The Morgan fingerprint density at radius 2 is 1.86 bits per heavy atom. The molecule has 2 aliphatic rings. The summed E-state index contributed by atoms with van der Waals surface area (Å²) in [5.74, 6) is -0.201. The van der Waals surface area contributed by atoms with Crippen LogP contribution in [0.15, 0.2) is 24.3 Å². The van der Waals surface area contributed by atoms with Crippen LogP contribution in [0.5, 0.6) is 0 Å². The van der Waals surface area contributed by atoms with E-state index in [-0.39, 0.29) is 11.9 Å². The SMILES string of the molecule is C[C@@H]1CCCC[C@H]1NC(=O)[C@@H](C)OC(=O)c1ccc(CN2CCOCC2)cc1. The molecule has 28 heavy (non-hydrogen) atoms. The Morgan fingerprint density at radius 1 is 1.18 bits per heavy atom. The molecular formula is C22H32N2O4. The van der Waals surface area contributed by atoms with Gasteiger partial charge in [-0.15, -0.1) is 0 Å². The molecule has 1 N–H and O–H groups in total. The van der Waals surface area contributed by atoms with Crippen molar-refractivity contribution in [2.75, 3.05) is 26.3 Å². The lowest BCUT2D eigenvalue weighted by Crippen LogP contribution is -2.45. The molecule has 3 rings (SSSR count). The van der Waals surface area contributed by atoms with Gasteiger partial charge in [0.25, 0.3) is 5.91 Å². The van der Waals surface area contributed by atoms with Crippen LogP contribution < -0.4 is 5.32 Å². The van der Waals surface area contributed by atoms with Gasteiger partial charge in [0, 0.05) is 25.7 Å². The monoisotopic (exact) mass is 388 g/mol. The van der Waals surface area contributed by atoms with E-state index in [0.29, 0.717) is 11.5 Å². The first-order valence-corrected chi connectivity index (χ1v) is 10.4. The van der Waals surface area contributed by atoms with Gasteiger partial charge in [0.2, 0.25) is 0 Å². The lowest BCUT2D eigenvalue weighted by molar-refractivity contribution is -0.130. The molecule has 0 unspecified atom stereocenters. The summed E-state index contributed by atoms with van der Waals surface area (Å²) >= 11 is 0. The number of nitrogens with one attached hydrogen (secondary N) is 1. The van der Waals surface area contributed by atoms with Crippen molar-refractivity contribution in [3.8, 4) is 0 Å². The Morgan fingerprint density at radius 3 is 2.54 bits per heavy atom. The lowest BCUT2D eigenvalue weighted by atomic mass is 9.86. The maximum absolute atomic E-state index is 12.4. The minimum Gasteiger partial charge on any atom is -0.449 e. The number of morpholine rings is 1. The third kappa shape index (κ3) is 5.79. The fraction of sp³-hybridized carbons (Fsp3) is 0.636. The average molecular weight is 389 g/mol. The first kappa shape index (κ1) is 20.8. The van der Waals surface area contributed by atoms with Gasteiger partial charge in [0.05, 0.1) is 18.8 Å². The molecule has 0 radical (unpaired) electrons. The van der Waals surface area contributed by atoms with E-state index < -0.39 is 12.1 Å². The molecule has 1 saturated heterocycles. The Labute approximate surface area is 167 Å². The van der Waals surface area contributed by atoms with Gasteiger partial charge in [0.1, 0.15) is 0 Å². The van der Waals surface area contributed by atoms with Gasteiger partial charge in [-0.2, -0.15) is 0 Å². The molecule has 6 heteroatoms. The summed E-state index contributed by atoms with van der Waals surface area (Å²) in [5.41, 5.74) is 1.62. The third-order valence-electron chi connectivity index (χ3n) is 5.79. The van der Waals surface area contributed by atoms with Crippen molar-refractivity contribution in [2.45, 2.75) is 58.2 Å². The van der Waals surface area contributed by atoms with Gasteiger partial charge in [0.15, 0.2) is 6.10 Å². The Balaban J connectivity index is 1.48. The molecule has 1 aromatic rings. The fourth-order valence-electron chi connectivity index (χ4n) is 3.88. The molecule has 0 spiro atoms. The Hall–Kier alpha value is -1.92. The standard InChI is InChI=1S/C22H32N2O4/c1-16-5-3-4-6-20(16)23-21(25)17(2)28-22(26)19-9-7-18(8-10-19)15-24-11-13-27-14-12-24/h7-10,16-17,20H,3-6,11-15H2,1-2H3,(H,23,25)/t16-,17-,20-/m1/s1. The van der Waals surface area contributed by atoms with E-state index in [0.717, 1.165) is 57.7 Å². The molecular weight excluding hydrogens is 356 g/mol. The minimum absolute atomic E-state index is 0.182. The minimum atomic E-state index is -0.797. The smallest absolute Gasteiger partial charge is 0.338 e. The highest BCUT2D eigenvalue weighted by Crippen LogP contribution is 2.23. The summed E-state index contributed by atoms with van der Waals surface area (Å²) in [5, 5.41) is 3.05. The number of ether oxygens (including phenoxy) is 2. The molecule has 1 aliphatic heterocycles. The number of rotatable bonds is 6. The van der Waals surface area contributed by atoms with Crippen molar-refractivity contribution in [3.05, 3.63) is 35.4 Å². The van der Waals surface area contributed by atoms with Gasteiger partial charge < -0.3 is 14.8 Å². The Kier molecular flexibility index (Phi) is 7.45. The molecule has 1 heterocycles. The molecule has 0 bridgehead atoms. The summed E-state index contributed by atoms with van der Waals surface area (Å²) in [6.07, 6.45) is 3.70. The first-order chi connectivity index (χ1) is 13.5. The van der Waals surface area contributed by atoms with Crippen LogP contribution in [0.25, 0.3) is 0 Å². The van der Waals surface area contributed by atoms with E-state index in [2.05, 4.69) is 17.1 Å². The van der Waals surface area contributed by atoms with Gasteiger partial charge >= 0.3 is 5.97 Å². The zero-order valence-corrected chi connectivity index (χ0v) is 17.0. The highest BCUT2D eigenvalue weighted by atomic mass is 16.5. The van der Waals surface area contributed by atoms with E-state index in [1.54, 1.807) is 19.1 Å². The number of hydrogen-bond donors (Lipinski definition) is 1. The normalized spacial score (nSPS) is 24.4. The number of hydrogen-bond acceptors (Lipinski definition) is 5. The van der Waals surface area contributed by atoms with Crippen molar-refractivity contribution in [1.82, 2.24) is 10.2 Å². The van der Waals surface area contributed by atoms with Gasteiger partial charge in [-0.05, 0) is 43.4 Å². The van der Waals surface area contributed by atoms with Crippen LogP contribution in [0.2, 0.25) is 0 Å². The second kappa shape index (κ2) is 10.0. The van der Waals surface area contributed by atoms with Crippen molar-refractivity contribution < 1.29 is 19.1 Å². The van der Waals surface area contributed by atoms with Crippen LogP contribution in [0.3, 0.4) is 0 Å². The maximum atomic E-state index is 12.4. The third-order valence-corrected chi connectivity index (χ3v) is 5.79. The first-order valence-electron chi connectivity index (χ1n) is 10.4. The van der Waals surface area contributed by atoms with Crippen molar-refractivity contribution in [3.63, 3.8) is 0 Å². The number of amides is 1.